The smallest absolute Gasteiger partial charge is 0.220 e. The van der Waals surface area contributed by atoms with E-state index in [0.717, 1.165) is 32.5 Å². The summed E-state index contributed by atoms with van der Waals surface area (Å²) in [4.78, 5) is 14.2. The van der Waals surface area contributed by atoms with Crippen LogP contribution in [0.5, 0.6) is 0 Å². The van der Waals surface area contributed by atoms with Crippen LogP contribution in [0, 0.1) is 11.3 Å². The number of amides is 1. The van der Waals surface area contributed by atoms with Crippen molar-refractivity contribution in [1.29, 1.82) is 0 Å². The number of hydrogen-bond acceptors (Lipinski definition) is 3. The first kappa shape index (κ1) is 12.8. The van der Waals surface area contributed by atoms with Crippen molar-refractivity contribution in [2.75, 3.05) is 33.2 Å². The molecule has 1 saturated carbocycles. The van der Waals surface area contributed by atoms with Gasteiger partial charge >= 0.3 is 0 Å². The zero-order valence-corrected chi connectivity index (χ0v) is 10.9. The Morgan fingerprint density at radius 1 is 1.53 bits per heavy atom. The van der Waals surface area contributed by atoms with Gasteiger partial charge in [0.25, 0.3) is 0 Å². The molecule has 0 radical (unpaired) electrons. The highest BCUT2D eigenvalue weighted by atomic mass is 16.1. The lowest BCUT2D eigenvalue weighted by molar-refractivity contribution is -0.124. The second kappa shape index (κ2) is 5.36. The van der Waals surface area contributed by atoms with Gasteiger partial charge in [-0.2, -0.15) is 0 Å². The third-order valence-corrected chi connectivity index (χ3v) is 4.46. The van der Waals surface area contributed by atoms with Crippen molar-refractivity contribution in [2.45, 2.75) is 32.1 Å². The summed E-state index contributed by atoms with van der Waals surface area (Å²) < 4.78 is 0. The van der Waals surface area contributed by atoms with Crippen LogP contribution < -0.4 is 11.1 Å². The third-order valence-electron chi connectivity index (χ3n) is 4.46. The van der Waals surface area contributed by atoms with Gasteiger partial charge in [-0.1, -0.05) is 6.42 Å². The average molecular weight is 239 g/mol. The molecule has 1 unspecified atom stereocenters. The Bertz CT molecular complexity index is 270. The highest BCUT2D eigenvalue weighted by molar-refractivity contribution is 5.76. The van der Waals surface area contributed by atoms with Gasteiger partial charge in [0, 0.05) is 19.5 Å². The second-order valence-electron chi connectivity index (χ2n) is 5.96. The lowest BCUT2D eigenvalue weighted by Crippen LogP contribution is -2.42. The molecule has 0 aromatic carbocycles. The SMILES string of the molecule is CN1CCC(CNC(=O)CC2(CN)CCC2)C1. The summed E-state index contributed by atoms with van der Waals surface area (Å²) in [5.74, 6) is 0.837. The van der Waals surface area contributed by atoms with Gasteiger partial charge in [0.2, 0.25) is 5.91 Å². The Balaban J connectivity index is 1.67. The molecule has 2 fully saturated rings. The minimum Gasteiger partial charge on any atom is -0.356 e. The Labute approximate surface area is 104 Å². The zero-order chi connectivity index (χ0) is 12.3. The van der Waals surface area contributed by atoms with Crippen LogP contribution in [0.2, 0.25) is 0 Å². The Kier molecular flexibility index (Phi) is 4.05. The summed E-state index contributed by atoms with van der Waals surface area (Å²) in [5.41, 5.74) is 5.90. The van der Waals surface area contributed by atoms with Crippen LogP contribution in [-0.4, -0.2) is 44.0 Å². The van der Waals surface area contributed by atoms with Gasteiger partial charge in [-0.05, 0) is 50.7 Å². The number of hydrogen-bond donors (Lipinski definition) is 2. The molecule has 1 atom stereocenters. The number of carbonyl (C=O) groups excluding carboxylic acids is 1. The van der Waals surface area contributed by atoms with E-state index < -0.39 is 0 Å². The molecule has 17 heavy (non-hydrogen) atoms. The number of carbonyl (C=O) groups is 1. The molecule has 1 aliphatic carbocycles. The standard InChI is InChI=1S/C13H25N3O/c1-16-6-3-11(9-16)8-15-12(17)7-13(10-14)4-2-5-13/h11H,2-10,14H2,1H3,(H,15,17). The predicted octanol–water partition coefficient (Wildman–Crippen LogP) is 0.573. The van der Waals surface area contributed by atoms with Gasteiger partial charge in [-0.15, -0.1) is 0 Å². The average Bonchev–Trinajstić information content (AvgIpc) is 2.67. The Hall–Kier alpha value is -0.610. The molecular weight excluding hydrogens is 214 g/mol. The summed E-state index contributed by atoms with van der Waals surface area (Å²) in [5, 5.41) is 3.08. The molecular formula is C13H25N3O. The normalized spacial score (nSPS) is 27.8. The van der Waals surface area contributed by atoms with Crippen LogP contribution in [0.3, 0.4) is 0 Å². The number of nitrogens with two attached hydrogens (primary N) is 1. The van der Waals surface area contributed by atoms with Crippen LogP contribution in [0.25, 0.3) is 0 Å². The van der Waals surface area contributed by atoms with Crippen molar-refractivity contribution < 1.29 is 4.79 Å². The van der Waals surface area contributed by atoms with E-state index >= 15 is 0 Å². The highest BCUT2D eigenvalue weighted by Crippen LogP contribution is 2.42. The molecule has 1 saturated heterocycles. The molecule has 1 heterocycles. The summed E-state index contributed by atoms with van der Waals surface area (Å²) in [6.07, 6.45) is 5.33. The van der Waals surface area contributed by atoms with Crippen molar-refractivity contribution >= 4 is 5.91 Å². The minimum atomic E-state index is 0.135. The highest BCUT2D eigenvalue weighted by Gasteiger charge is 2.37. The fourth-order valence-electron chi connectivity index (χ4n) is 2.98. The maximum atomic E-state index is 11.9. The van der Waals surface area contributed by atoms with Crippen molar-refractivity contribution in [2.24, 2.45) is 17.1 Å². The zero-order valence-electron chi connectivity index (χ0n) is 10.9. The Morgan fingerprint density at radius 2 is 2.29 bits per heavy atom. The number of nitrogens with zero attached hydrogens (tertiary/aromatic N) is 1. The number of rotatable bonds is 5. The van der Waals surface area contributed by atoms with Crippen LogP contribution in [0.4, 0.5) is 0 Å². The van der Waals surface area contributed by atoms with Crippen molar-refractivity contribution in [1.82, 2.24) is 10.2 Å². The van der Waals surface area contributed by atoms with Crippen LogP contribution in [-0.2, 0) is 4.79 Å². The predicted molar refractivity (Wildman–Crippen MR) is 68.6 cm³/mol. The monoisotopic (exact) mass is 239 g/mol. The van der Waals surface area contributed by atoms with Crippen molar-refractivity contribution in [3.05, 3.63) is 0 Å². The molecule has 0 aromatic heterocycles. The molecule has 2 aliphatic rings. The van der Waals surface area contributed by atoms with Crippen molar-refractivity contribution in [3.63, 3.8) is 0 Å². The molecule has 4 nitrogen and oxygen atoms in total. The van der Waals surface area contributed by atoms with E-state index in [4.69, 9.17) is 5.73 Å². The van der Waals surface area contributed by atoms with E-state index in [0.29, 0.717) is 18.9 Å². The van der Waals surface area contributed by atoms with E-state index in [1.807, 2.05) is 0 Å². The van der Waals surface area contributed by atoms with Crippen molar-refractivity contribution in [3.8, 4) is 0 Å². The maximum absolute atomic E-state index is 11.9. The lowest BCUT2D eigenvalue weighted by atomic mass is 9.66. The quantitative estimate of drug-likeness (QED) is 0.737. The molecule has 98 valence electrons. The largest absolute Gasteiger partial charge is 0.356 e. The first-order chi connectivity index (χ1) is 8.13. The molecule has 0 aromatic rings. The van der Waals surface area contributed by atoms with Gasteiger partial charge in [0.05, 0.1) is 0 Å². The lowest BCUT2D eigenvalue weighted by Gasteiger charge is -2.40. The topological polar surface area (TPSA) is 58.4 Å². The van der Waals surface area contributed by atoms with E-state index in [9.17, 15) is 4.79 Å². The maximum Gasteiger partial charge on any atom is 0.220 e. The van der Waals surface area contributed by atoms with Gasteiger partial charge in [-0.25, -0.2) is 0 Å². The van der Waals surface area contributed by atoms with E-state index in [1.54, 1.807) is 0 Å². The summed E-state index contributed by atoms with van der Waals surface area (Å²) in [6, 6.07) is 0. The van der Waals surface area contributed by atoms with Crippen LogP contribution in [0.1, 0.15) is 32.1 Å². The Morgan fingerprint density at radius 3 is 2.76 bits per heavy atom. The molecule has 1 amide bonds. The number of nitrogens with one attached hydrogen (secondary N) is 1. The van der Waals surface area contributed by atoms with E-state index in [2.05, 4.69) is 17.3 Å². The summed E-state index contributed by atoms with van der Waals surface area (Å²) in [6.45, 7) is 3.77. The fourth-order valence-corrected chi connectivity index (χ4v) is 2.98. The van der Waals surface area contributed by atoms with E-state index in [1.165, 1.54) is 12.8 Å². The van der Waals surface area contributed by atoms with Crippen LogP contribution in [0.15, 0.2) is 0 Å². The minimum absolute atomic E-state index is 0.135. The molecule has 0 spiro atoms. The molecule has 0 bridgehead atoms. The van der Waals surface area contributed by atoms with Gasteiger partial charge in [-0.3, -0.25) is 4.79 Å². The first-order valence-electron chi connectivity index (χ1n) is 6.79. The fraction of sp³-hybridized carbons (Fsp3) is 0.923. The molecule has 2 rings (SSSR count). The third kappa shape index (κ3) is 3.19. The summed E-state index contributed by atoms with van der Waals surface area (Å²) >= 11 is 0. The molecule has 1 aliphatic heterocycles. The molecule has 3 N–H and O–H groups in total. The van der Waals surface area contributed by atoms with E-state index in [-0.39, 0.29) is 11.3 Å². The summed E-state index contributed by atoms with van der Waals surface area (Å²) in [7, 11) is 2.14. The number of likely N-dealkylation sites (tertiary alicyclic amines) is 1. The van der Waals surface area contributed by atoms with Gasteiger partial charge in [0.1, 0.15) is 0 Å². The first-order valence-corrected chi connectivity index (χ1v) is 6.79. The second-order valence-corrected chi connectivity index (χ2v) is 5.96. The van der Waals surface area contributed by atoms with Gasteiger partial charge in [0.15, 0.2) is 0 Å². The van der Waals surface area contributed by atoms with Crippen LogP contribution >= 0.6 is 0 Å². The molecule has 4 heteroatoms. The van der Waals surface area contributed by atoms with Gasteiger partial charge < -0.3 is 16.0 Å².